The molecule has 0 aliphatic carbocycles. The summed E-state index contributed by atoms with van der Waals surface area (Å²) in [6.45, 7) is 5.99. The number of nitrogens with two attached hydrogens (primary N) is 1. The lowest BCUT2D eigenvalue weighted by Gasteiger charge is -2.23. The van der Waals surface area contributed by atoms with Gasteiger partial charge in [0.15, 0.2) is 0 Å². The summed E-state index contributed by atoms with van der Waals surface area (Å²) < 4.78 is 7.16. The molecule has 0 aromatic carbocycles. The topological polar surface area (TPSA) is 69.3 Å². The Morgan fingerprint density at radius 2 is 2.47 bits per heavy atom. The summed E-state index contributed by atoms with van der Waals surface area (Å²) in [5, 5.41) is 3.02. The standard InChI is InChI=1S/C12H19N3O2/c1-3-15-7-9(13)6-10(15)11(16)14-12(2)4-5-17-8-12/h6-7H,3-5,8,13H2,1-2H3,(H,14,16). The third-order valence-corrected chi connectivity index (χ3v) is 3.13. The number of nitrogen functional groups attached to an aromatic ring is 1. The van der Waals surface area contributed by atoms with Gasteiger partial charge in [0.25, 0.3) is 5.91 Å². The Morgan fingerprint density at radius 1 is 1.71 bits per heavy atom. The Labute approximate surface area is 101 Å². The van der Waals surface area contributed by atoms with Crippen LogP contribution in [0, 0.1) is 0 Å². The lowest BCUT2D eigenvalue weighted by molar-refractivity contribution is 0.0880. The zero-order valence-corrected chi connectivity index (χ0v) is 10.3. The first-order chi connectivity index (χ1) is 8.04. The molecule has 17 heavy (non-hydrogen) atoms. The van der Waals surface area contributed by atoms with Crippen molar-refractivity contribution in [3.8, 4) is 0 Å². The zero-order valence-electron chi connectivity index (χ0n) is 10.3. The number of nitrogens with one attached hydrogen (secondary N) is 1. The first-order valence-electron chi connectivity index (χ1n) is 5.90. The minimum atomic E-state index is -0.255. The maximum Gasteiger partial charge on any atom is 0.268 e. The highest BCUT2D eigenvalue weighted by atomic mass is 16.5. The fourth-order valence-electron chi connectivity index (χ4n) is 2.09. The smallest absolute Gasteiger partial charge is 0.268 e. The van der Waals surface area contributed by atoms with Crippen LogP contribution < -0.4 is 11.1 Å². The SMILES string of the molecule is CCn1cc(N)cc1C(=O)NC1(C)CCOC1. The molecule has 1 aliphatic rings. The summed E-state index contributed by atoms with van der Waals surface area (Å²) in [6.07, 6.45) is 2.63. The second kappa shape index (κ2) is 4.41. The van der Waals surface area contributed by atoms with Gasteiger partial charge in [-0.2, -0.15) is 0 Å². The summed E-state index contributed by atoms with van der Waals surface area (Å²) in [7, 11) is 0. The van der Waals surface area contributed by atoms with E-state index in [0.29, 0.717) is 24.6 Å². The van der Waals surface area contributed by atoms with E-state index < -0.39 is 0 Å². The number of hydrogen-bond donors (Lipinski definition) is 2. The third kappa shape index (κ3) is 2.44. The molecule has 1 unspecified atom stereocenters. The lowest BCUT2D eigenvalue weighted by Crippen LogP contribution is -2.46. The van der Waals surface area contributed by atoms with Crippen molar-refractivity contribution in [3.05, 3.63) is 18.0 Å². The van der Waals surface area contributed by atoms with Crippen molar-refractivity contribution in [1.29, 1.82) is 0 Å². The van der Waals surface area contributed by atoms with E-state index in [1.807, 2.05) is 18.4 Å². The Hall–Kier alpha value is -1.49. The molecule has 0 spiro atoms. The minimum Gasteiger partial charge on any atom is -0.397 e. The predicted molar refractivity (Wildman–Crippen MR) is 65.8 cm³/mol. The van der Waals surface area contributed by atoms with Crippen LogP contribution in [-0.4, -0.2) is 29.2 Å². The summed E-state index contributed by atoms with van der Waals surface area (Å²) in [4.78, 5) is 12.2. The highest BCUT2D eigenvalue weighted by Gasteiger charge is 2.32. The normalized spacial score (nSPS) is 23.9. The number of aromatic nitrogens is 1. The van der Waals surface area contributed by atoms with E-state index in [1.54, 1.807) is 12.3 Å². The van der Waals surface area contributed by atoms with Crippen LogP contribution in [0.2, 0.25) is 0 Å². The number of hydrogen-bond acceptors (Lipinski definition) is 3. The van der Waals surface area contributed by atoms with E-state index in [0.717, 1.165) is 13.0 Å². The van der Waals surface area contributed by atoms with E-state index in [2.05, 4.69) is 5.32 Å². The van der Waals surface area contributed by atoms with Crippen molar-refractivity contribution in [2.75, 3.05) is 18.9 Å². The average molecular weight is 237 g/mol. The number of carbonyl (C=O) groups is 1. The van der Waals surface area contributed by atoms with Crippen LogP contribution >= 0.6 is 0 Å². The van der Waals surface area contributed by atoms with Gasteiger partial charge in [-0.25, -0.2) is 0 Å². The number of carbonyl (C=O) groups excluding carboxylic acids is 1. The molecule has 0 saturated carbocycles. The molecule has 1 aromatic rings. The van der Waals surface area contributed by atoms with E-state index in [-0.39, 0.29) is 11.4 Å². The number of aryl methyl sites for hydroxylation is 1. The summed E-state index contributed by atoms with van der Waals surface area (Å²) in [6, 6.07) is 1.71. The van der Waals surface area contributed by atoms with Crippen molar-refractivity contribution in [2.24, 2.45) is 0 Å². The largest absolute Gasteiger partial charge is 0.397 e. The summed E-state index contributed by atoms with van der Waals surface area (Å²) >= 11 is 0. The Balaban J connectivity index is 2.13. The fraction of sp³-hybridized carbons (Fsp3) is 0.583. The number of nitrogens with zero attached hydrogens (tertiary/aromatic N) is 1. The van der Waals surface area contributed by atoms with Crippen LogP contribution in [-0.2, 0) is 11.3 Å². The lowest BCUT2D eigenvalue weighted by atomic mass is 10.0. The average Bonchev–Trinajstić information content (AvgIpc) is 2.84. The second-order valence-corrected chi connectivity index (χ2v) is 4.76. The Kier molecular flexibility index (Phi) is 3.11. The summed E-state index contributed by atoms with van der Waals surface area (Å²) in [5.74, 6) is -0.0865. The highest BCUT2D eigenvalue weighted by molar-refractivity contribution is 5.94. The van der Waals surface area contributed by atoms with E-state index in [4.69, 9.17) is 10.5 Å². The molecule has 5 nitrogen and oxygen atoms in total. The molecule has 5 heteroatoms. The van der Waals surface area contributed by atoms with Crippen molar-refractivity contribution < 1.29 is 9.53 Å². The molecule has 94 valence electrons. The van der Waals surface area contributed by atoms with Gasteiger partial charge in [-0.15, -0.1) is 0 Å². The van der Waals surface area contributed by atoms with Crippen LogP contribution in [0.1, 0.15) is 30.8 Å². The molecule has 1 saturated heterocycles. The van der Waals surface area contributed by atoms with Crippen LogP contribution in [0.3, 0.4) is 0 Å². The summed E-state index contributed by atoms with van der Waals surface area (Å²) in [5.41, 5.74) is 6.68. The minimum absolute atomic E-state index is 0.0865. The van der Waals surface area contributed by atoms with Crippen molar-refractivity contribution >= 4 is 11.6 Å². The molecule has 1 aliphatic heterocycles. The van der Waals surface area contributed by atoms with Gasteiger partial charge in [0, 0.05) is 19.3 Å². The van der Waals surface area contributed by atoms with Crippen LogP contribution in [0.15, 0.2) is 12.3 Å². The maximum absolute atomic E-state index is 12.2. The third-order valence-electron chi connectivity index (χ3n) is 3.13. The van der Waals surface area contributed by atoms with Crippen LogP contribution in [0.4, 0.5) is 5.69 Å². The fourth-order valence-corrected chi connectivity index (χ4v) is 2.09. The zero-order chi connectivity index (χ0) is 12.5. The molecular weight excluding hydrogens is 218 g/mol. The van der Waals surface area contributed by atoms with Gasteiger partial charge < -0.3 is 20.4 Å². The predicted octanol–water partition coefficient (Wildman–Crippen LogP) is 0.999. The van der Waals surface area contributed by atoms with Gasteiger partial charge in [0.05, 0.1) is 17.8 Å². The number of ether oxygens (including phenoxy) is 1. The van der Waals surface area contributed by atoms with Crippen molar-refractivity contribution in [3.63, 3.8) is 0 Å². The van der Waals surface area contributed by atoms with E-state index >= 15 is 0 Å². The van der Waals surface area contributed by atoms with E-state index in [1.165, 1.54) is 0 Å². The molecule has 1 fully saturated rings. The number of anilines is 1. The molecule has 2 heterocycles. The van der Waals surface area contributed by atoms with Gasteiger partial charge in [-0.1, -0.05) is 0 Å². The first kappa shape index (κ1) is 12.0. The Bertz CT molecular complexity index is 419. The van der Waals surface area contributed by atoms with Gasteiger partial charge in [-0.05, 0) is 26.3 Å². The molecule has 0 radical (unpaired) electrons. The molecule has 2 rings (SSSR count). The molecule has 0 bridgehead atoms. The number of amides is 1. The molecule has 1 amide bonds. The molecule has 1 aromatic heterocycles. The number of rotatable bonds is 3. The molecule has 3 N–H and O–H groups in total. The maximum atomic E-state index is 12.2. The Morgan fingerprint density at radius 3 is 3.06 bits per heavy atom. The van der Waals surface area contributed by atoms with Crippen LogP contribution in [0.25, 0.3) is 0 Å². The molecular formula is C12H19N3O2. The van der Waals surface area contributed by atoms with Gasteiger partial charge >= 0.3 is 0 Å². The highest BCUT2D eigenvalue weighted by Crippen LogP contribution is 2.19. The second-order valence-electron chi connectivity index (χ2n) is 4.76. The van der Waals surface area contributed by atoms with Gasteiger partial charge in [0.1, 0.15) is 5.69 Å². The van der Waals surface area contributed by atoms with Crippen molar-refractivity contribution in [2.45, 2.75) is 32.4 Å². The monoisotopic (exact) mass is 237 g/mol. The van der Waals surface area contributed by atoms with E-state index in [9.17, 15) is 4.79 Å². The van der Waals surface area contributed by atoms with Crippen molar-refractivity contribution in [1.82, 2.24) is 9.88 Å². The van der Waals surface area contributed by atoms with Gasteiger partial charge in [-0.3, -0.25) is 4.79 Å². The van der Waals surface area contributed by atoms with Gasteiger partial charge in [0.2, 0.25) is 0 Å². The molecule has 1 atom stereocenters. The quantitative estimate of drug-likeness (QED) is 0.824. The first-order valence-corrected chi connectivity index (χ1v) is 5.90. The van der Waals surface area contributed by atoms with Crippen LogP contribution in [0.5, 0.6) is 0 Å².